The lowest BCUT2D eigenvalue weighted by Gasteiger charge is -2.25. The lowest BCUT2D eigenvalue weighted by atomic mass is 9.96. The third-order valence-electron chi connectivity index (χ3n) is 8.58. The van der Waals surface area contributed by atoms with Gasteiger partial charge in [-0.2, -0.15) is 9.97 Å². The average molecular weight is 573 g/mol. The van der Waals surface area contributed by atoms with Crippen molar-refractivity contribution in [2.24, 2.45) is 5.92 Å². The maximum absolute atomic E-state index is 16.7. The van der Waals surface area contributed by atoms with E-state index in [2.05, 4.69) is 32.7 Å². The Morgan fingerprint density at radius 3 is 2.95 bits per heavy atom. The van der Waals surface area contributed by atoms with Gasteiger partial charge in [0.15, 0.2) is 5.82 Å². The normalized spacial score (nSPS) is 24.3. The number of likely N-dealkylation sites (tertiary alicyclic amines) is 1. The zero-order valence-corrected chi connectivity index (χ0v) is 23.4. The van der Waals surface area contributed by atoms with Crippen LogP contribution in [0.15, 0.2) is 36.5 Å². The number of nitrogen functional groups attached to an aromatic ring is 1. The van der Waals surface area contributed by atoms with Crippen LogP contribution in [-0.4, -0.2) is 77.3 Å². The Hall–Kier alpha value is -3.71. The van der Waals surface area contributed by atoms with E-state index >= 15 is 4.39 Å². The molecule has 2 saturated heterocycles. The molecular weight excluding hydrogens is 543 g/mol. The van der Waals surface area contributed by atoms with E-state index in [-0.39, 0.29) is 40.6 Å². The van der Waals surface area contributed by atoms with E-state index in [9.17, 15) is 0 Å². The van der Waals surface area contributed by atoms with Crippen molar-refractivity contribution in [1.82, 2.24) is 19.9 Å². The Labute approximate surface area is 242 Å². The molecule has 8 nitrogen and oxygen atoms in total. The smallest absolute Gasteiger partial charge is 0.319 e. The Morgan fingerprint density at radius 2 is 2.15 bits per heavy atom. The summed E-state index contributed by atoms with van der Waals surface area (Å²) >= 11 is 6.65. The highest BCUT2D eigenvalue weighted by Gasteiger charge is 2.54. The molecule has 0 unspecified atom stereocenters. The molecule has 10 heteroatoms. The molecule has 4 atom stereocenters. The summed E-state index contributed by atoms with van der Waals surface area (Å²) in [5.41, 5.74) is 8.09. The van der Waals surface area contributed by atoms with Gasteiger partial charge in [-0.05, 0) is 50.0 Å². The molecule has 2 N–H and O–H groups in total. The number of terminal acetylenes is 1. The first-order chi connectivity index (χ1) is 19.9. The Bertz CT molecular complexity index is 1710. The number of nitrogens with zero attached hydrogens (tertiary/aromatic N) is 5. The minimum Gasteiger partial charge on any atom is -0.462 e. The molecule has 0 bridgehead atoms. The van der Waals surface area contributed by atoms with Gasteiger partial charge in [-0.1, -0.05) is 18.1 Å². The van der Waals surface area contributed by atoms with E-state index in [0.29, 0.717) is 59.8 Å². The predicted molar refractivity (Wildman–Crippen MR) is 159 cm³/mol. The molecule has 7 rings (SSSR count). The van der Waals surface area contributed by atoms with Crippen LogP contribution in [0.1, 0.15) is 18.4 Å². The van der Waals surface area contributed by atoms with Crippen LogP contribution in [0, 0.1) is 24.1 Å². The summed E-state index contributed by atoms with van der Waals surface area (Å²) in [5, 5.41) is 1.93. The Morgan fingerprint density at radius 1 is 1.27 bits per heavy atom. The third-order valence-corrected chi connectivity index (χ3v) is 9.16. The molecule has 2 aromatic heterocycles. The van der Waals surface area contributed by atoms with Crippen LogP contribution < -0.4 is 15.4 Å². The van der Waals surface area contributed by atoms with Crippen molar-refractivity contribution in [3.05, 3.63) is 47.9 Å². The molecule has 41 heavy (non-hydrogen) atoms. The zero-order valence-electron chi connectivity index (χ0n) is 22.7. The number of rotatable bonds is 5. The zero-order chi connectivity index (χ0) is 28.2. The number of halogens is 2. The van der Waals surface area contributed by atoms with Gasteiger partial charge < -0.3 is 25.0 Å². The Kier molecular flexibility index (Phi) is 6.57. The van der Waals surface area contributed by atoms with Crippen molar-refractivity contribution < 1.29 is 13.9 Å². The summed E-state index contributed by atoms with van der Waals surface area (Å²) in [6.07, 6.45) is 9.59. The molecule has 3 fully saturated rings. The summed E-state index contributed by atoms with van der Waals surface area (Å²) in [6, 6.07) is 9.51. The molecule has 0 spiro atoms. The van der Waals surface area contributed by atoms with Gasteiger partial charge >= 0.3 is 6.01 Å². The summed E-state index contributed by atoms with van der Waals surface area (Å²) in [7, 11) is 2.08. The van der Waals surface area contributed by atoms with Crippen molar-refractivity contribution in [2.75, 3.05) is 50.6 Å². The fourth-order valence-corrected chi connectivity index (χ4v) is 6.76. The highest BCUT2D eigenvalue weighted by molar-refractivity contribution is 6.24. The predicted octanol–water partition coefficient (Wildman–Crippen LogP) is 4.46. The van der Waals surface area contributed by atoms with Crippen LogP contribution in [0.25, 0.3) is 32.9 Å². The van der Waals surface area contributed by atoms with Crippen LogP contribution in [0.3, 0.4) is 0 Å². The molecule has 0 amide bonds. The summed E-state index contributed by atoms with van der Waals surface area (Å²) < 4.78 is 28.6. The van der Waals surface area contributed by atoms with Gasteiger partial charge in [0.2, 0.25) is 0 Å². The second kappa shape index (κ2) is 10.3. The fraction of sp³-hybridized carbons (Fsp3) is 0.387. The number of likely N-dealkylation sites (N-methyl/N-ethyl adjacent to an activating group) is 1. The minimum absolute atomic E-state index is 0.0323. The topological polar surface area (TPSA) is 89.6 Å². The van der Waals surface area contributed by atoms with Gasteiger partial charge in [-0.25, -0.2) is 4.39 Å². The lowest BCUT2D eigenvalue weighted by Crippen LogP contribution is -2.32. The SMILES string of the molecule is C#Cc1cccc2cc(N)cc(-c3ncc4c(N5CCOC[C@@H]6[C@@H](Cl)[C@@H]65)nc(OC[C@@H]5CCCN5C)nc4c3F)c12. The maximum atomic E-state index is 16.7. The van der Waals surface area contributed by atoms with E-state index in [1.807, 2.05) is 24.3 Å². The monoisotopic (exact) mass is 572 g/mol. The first-order valence-electron chi connectivity index (χ1n) is 13.9. The van der Waals surface area contributed by atoms with Gasteiger partial charge in [0.05, 0.1) is 30.0 Å². The quantitative estimate of drug-likeness (QED) is 0.213. The maximum Gasteiger partial charge on any atom is 0.319 e. The van der Waals surface area contributed by atoms with Crippen molar-refractivity contribution in [3.8, 4) is 29.6 Å². The third kappa shape index (κ3) is 4.51. The molecule has 2 aromatic carbocycles. The second-order valence-corrected chi connectivity index (χ2v) is 11.6. The molecule has 0 radical (unpaired) electrons. The first-order valence-corrected chi connectivity index (χ1v) is 14.3. The van der Waals surface area contributed by atoms with Crippen LogP contribution in [-0.2, 0) is 4.74 Å². The van der Waals surface area contributed by atoms with Crippen molar-refractivity contribution >= 4 is 44.8 Å². The van der Waals surface area contributed by atoms with Crippen LogP contribution in [0.4, 0.5) is 15.9 Å². The summed E-state index contributed by atoms with van der Waals surface area (Å²) in [6.45, 7) is 3.11. The van der Waals surface area contributed by atoms with Gasteiger partial charge in [0.1, 0.15) is 23.6 Å². The van der Waals surface area contributed by atoms with E-state index < -0.39 is 5.82 Å². The van der Waals surface area contributed by atoms with E-state index in [1.54, 1.807) is 12.3 Å². The number of ether oxygens (including phenoxy) is 2. The highest BCUT2D eigenvalue weighted by atomic mass is 35.5. The number of alkyl halides is 1. The number of fused-ring (bicyclic) bond motifs is 3. The molecule has 3 aliphatic rings. The molecule has 1 saturated carbocycles. The number of nitrogens with two attached hydrogens (primary N) is 1. The van der Waals surface area contributed by atoms with Crippen molar-refractivity contribution in [1.29, 1.82) is 0 Å². The summed E-state index contributed by atoms with van der Waals surface area (Å²) in [4.78, 5) is 18.4. The first kappa shape index (κ1) is 26.2. The van der Waals surface area contributed by atoms with E-state index in [0.717, 1.165) is 24.8 Å². The van der Waals surface area contributed by atoms with Gasteiger partial charge in [0, 0.05) is 46.9 Å². The van der Waals surface area contributed by atoms with Crippen LogP contribution in [0.2, 0.25) is 0 Å². The van der Waals surface area contributed by atoms with E-state index in [1.165, 1.54) is 0 Å². The molecule has 4 heterocycles. The van der Waals surface area contributed by atoms with Crippen LogP contribution >= 0.6 is 11.6 Å². The lowest BCUT2D eigenvalue weighted by molar-refractivity contribution is 0.139. The number of benzene rings is 2. The second-order valence-electron chi connectivity index (χ2n) is 11.1. The summed E-state index contributed by atoms with van der Waals surface area (Å²) in [5.74, 6) is 2.85. The highest BCUT2D eigenvalue weighted by Crippen LogP contribution is 2.46. The average Bonchev–Trinajstić information content (AvgIpc) is 3.51. The minimum atomic E-state index is -0.589. The molecule has 2 aliphatic heterocycles. The van der Waals surface area contributed by atoms with E-state index in [4.69, 9.17) is 38.2 Å². The standard InChI is InChI=1S/C31H30ClFN6O2/c1-3-17-6-4-7-18-12-19(34)13-21(24(17)18)27-26(33)28-22(14-35-27)30(39-10-11-40-16-23-25(32)29(23)39)37-31(36-28)41-15-20-8-5-9-38(20)2/h1,4,6-7,12-14,20,23,25,29H,5,8-11,15-16,34H2,2H3/t20-,23+,25+,29+/m0/s1. The fourth-order valence-electron chi connectivity index (χ4n) is 6.30. The van der Waals surface area contributed by atoms with Crippen LogP contribution in [0.5, 0.6) is 6.01 Å². The molecule has 210 valence electrons. The number of hydrogen-bond donors (Lipinski definition) is 1. The van der Waals surface area contributed by atoms with Crippen molar-refractivity contribution in [2.45, 2.75) is 30.3 Å². The number of anilines is 2. The molecule has 1 aliphatic carbocycles. The largest absolute Gasteiger partial charge is 0.462 e. The van der Waals surface area contributed by atoms with Gasteiger partial charge in [-0.3, -0.25) is 4.98 Å². The van der Waals surface area contributed by atoms with Gasteiger partial charge in [0.25, 0.3) is 0 Å². The number of hydrogen-bond acceptors (Lipinski definition) is 8. The molecular formula is C31H30ClFN6O2. The molecule has 4 aromatic rings. The Balaban J connectivity index is 1.40. The number of aromatic nitrogens is 3. The number of pyridine rings is 1. The van der Waals surface area contributed by atoms with Gasteiger partial charge in [-0.15, -0.1) is 18.0 Å². The van der Waals surface area contributed by atoms with Crippen molar-refractivity contribution in [3.63, 3.8) is 0 Å².